The predicted octanol–water partition coefficient (Wildman–Crippen LogP) is 5.58. The molecule has 3 atom stereocenters. The highest BCUT2D eigenvalue weighted by molar-refractivity contribution is 5.81. The summed E-state index contributed by atoms with van der Waals surface area (Å²) in [6, 6.07) is 11.0. The fourth-order valence-electron chi connectivity index (χ4n) is 6.27. The number of nitrogens with one attached hydrogen (secondary N) is 1. The molecule has 2 bridgehead atoms. The van der Waals surface area contributed by atoms with Gasteiger partial charge in [-0.15, -0.1) is 0 Å². The molecule has 2 aliphatic rings. The largest absolute Gasteiger partial charge is 0.497 e. The molecule has 2 heterocycles. The number of hydrogen-bond acceptors (Lipinski definition) is 6. The van der Waals surface area contributed by atoms with E-state index < -0.39 is 0 Å². The van der Waals surface area contributed by atoms with Crippen molar-refractivity contribution in [3.8, 4) is 17.2 Å². The van der Waals surface area contributed by atoms with E-state index >= 15 is 0 Å². The van der Waals surface area contributed by atoms with Crippen molar-refractivity contribution in [1.29, 1.82) is 0 Å². The summed E-state index contributed by atoms with van der Waals surface area (Å²) in [5.74, 6) is 2.38. The zero-order valence-corrected chi connectivity index (χ0v) is 25.4. The predicted molar refractivity (Wildman–Crippen MR) is 160 cm³/mol. The smallest absolute Gasteiger partial charge is 0.228 e. The molecule has 7 heteroatoms. The lowest BCUT2D eigenvalue weighted by Crippen LogP contribution is -2.43. The van der Waals surface area contributed by atoms with Gasteiger partial charge in [-0.3, -0.25) is 9.69 Å². The van der Waals surface area contributed by atoms with Gasteiger partial charge in [0, 0.05) is 35.8 Å². The molecule has 1 fully saturated rings. The number of rotatable bonds is 13. The molecule has 0 spiro atoms. The molecule has 7 nitrogen and oxygen atoms in total. The summed E-state index contributed by atoms with van der Waals surface area (Å²) in [5.41, 5.74) is 5.76. The summed E-state index contributed by atoms with van der Waals surface area (Å²) >= 11 is 0. The summed E-state index contributed by atoms with van der Waals surface area (Å²) < 4.78 is 17.0. The van der Waals surface area contributed by atoms with E-state index in [4.69, 9.17) is 14.2 Å². The van der Waals surface area contributed by atoms with Gasteiger partial charge in [-0.1, -0.05) is 6.07 Å². The van der Waals surface area contributed by atoms with E-state index in [1.165, 1.54) is 16.7 Å². The van der Waals surface area contributed by atoms with Crippen molar-refractivity contribution in [1.82, 2.24) is 15.1 Å². The molecular formula is C33H47N3O4. The van der Waals surface area contributed by atoms with Crippen LogP contribution in [0.2, 0.25) is 0 Å². The zero-order chi connectivity index (χ0) is 28.8. The number of fused-ring (bicyclic) bond motifs is 2. The first-order valence-electron chi connectivity index (χ1n) is 14.6. The van der Waals surface area contributed by atoms with Crippen LogP contribution in [0.1, 0.15) is 67.3 Å². The lowest BCUT2D eigenvalue weighted by molar-refractivity contribution is -0.119. The van der Waals surface area contributed by atoms with Crippen LogP contribution in [-0.4, -0.2) is 69.3 Å². The molecule has 0 saturated carbocycles. The third-order valence-electron chi connectivity index (χ3n) is 8.52. The standard InChI is InChI=1S/C33H47N3O4/c1-22-23(2)31(40-17-9-8-16-35(4)5)15-13-30(22)24(3)36-27-10-11-28(36)21-26(20-27)34-33(37)19-25-18-29(38-6)12-14-32(25)39-7/h12-15,18,20,24,27-28H,8-11,16-17,19,21H2,1-7H3,(H,34,37). The van der Waals surface area contributed by atoms with Crippen molar-refractivity contribution in [2.24, 2.45) is 0 Å². The van der Waals surface area contributed by atoms with Gasteiger partial charge in [-0.25, -0.2) is 0 Å². The maximum atomic E-state index is 13.0. The first-order chi connectivity index (χ1) is 19.2. The van der Waals surface area contributed by atoms with Crippen LogP contribution in [0.5, 0.6) is 17.2 Å². The first kappa shape index (κ1) is 29.9. The molecule has 0 radical (unpaired) electrons. The molecule has 2 aliphatic heterocycles. The van der Waals surface area contributed by atoms with Crippen LogP contribution in [0.4, 0.5) is 0 Å². The number of hydrogen-bond donors (Lipinski definition) is 1. The number of methoxy groups -OCH3 is 2. The van der Waals surface area contributed by atoms with Crippen LogP contribution in [0.3, 0.4) is 0 Å². The molecule has 1 saturated heterocycles. The third-order valence-corrected chi connectivity index (χ3v) is 8.52. The number of nitrogens with zero attached hydrogens (tertiary/aromatic N) is 2. The van der Waals surface area contributed by atoms with E-state index in [0.717, 1.165) is 62.3 Å². The Labute approximate surface area is 240 Å². The van der Waals surface area contributed by atoms with Crippen LogP contribution in [0.15, 0.2) is 42.1 Å². The molecule has 2 aromatic carbocycles. The van der Waals surface area contributed by atoms with E-state index in [1.54, 1.807) is 14.2 Å². The van der Waals surface area contributed by atoms with Gasteiger partial charge in [0.2, 0.25) is 5.91 Å². The average Bonchev–Trinajstić information content (AvgIpc) is 3.20. The molecule has 3 unspecified atom stereocenters. The Morgan fingerprint density at radius 3 is 2.52 bits per heavy atom. The van der Waals surface area contributed by atoms with Crippen molar-refractivity contribution in [2.45, 2.75) is 77.4 Å². The van der Waals surface area contributed by atoms with Crippen LogP contribution in [0, 0.1) is 13.8 Å². The summed E-state index contributed by atoms with van der Waals surface area (Å²) in [5, 5.41) is 3.20. The fourth-order valence-corrected chi connectivity index (χ4v) is 6.27. The zero-order valence-electron chi connectivity index (χ0n) is 25.4. The van der Waals surface area contributed by atoms with Crippen molar-refractivity contribution < 1.29 is 19.0 Å². The summed E-state index contributed by atoms with van der Waals surface area (Å²) in [6.07, 6.45) is 7.83. The van der Waals surface area contributed by atoms with Crippen LogP contribution in [0.25, 0.3) is 0 Å². The minimum atomic E-state index is -0.0255. The summed E-state index contributed by atoms with van der Waals surface area (Å²) in [7, 11) is 7.46. The van der Waals surface area contributed by atoms with E-state index in [2.05, 4.69) is 68.2 Å². The number of unbranched alkanes of at least 4 members (excludes halogenated alkanes) is 1. The summed E-state index contributed by atoms with van der Waals surface area (Å²) in [4.78, 5) is 17.9. The van der Waals surface area contributed by atoms with Crippen LogP contribution >= 0.6 is 0 Å². The molecule has 2 aromatic rings. The van der Waals surface area contributed by atoms with Crippen molar-refractivity contribution in [3.05, 3.63) is 64.4 Å². The van der Waals surface area contributed by atoms with Gasteiger partial charge < -0.3 is 24.4 Å². The minimum Gasteiger partial charge on any atom is -0.497 e. The third kappa shape index (κ3) is 6.99. The van der Waals surface area contributed by atoms with E-state index in [0.29, 0.717) is 29.6 Å². The molecule has 1 amide bonds. The highest BCUT2D eigenvalue weighted by Crippen LogP contribution is 2.42. The van der Waals surface area contributed by atoms with Gasteiger partial charge in [0.1, 0.15) is 17.2 Å². The Kier molecular flexibility index (Phi) is 10.1. The average molecular weight is 550 g/mol. The van der Waals surface area contributed by atoms with E-state index in [-0.39, 0.29) is 12.3 Å². The number of carbonyl (C=O) groups excluding carboxylic acids is 1. The number of carbonyl (C=O) groups is 1. The van der Waals surface area contributed by atoms with Crippen molar-refractivity contribution in [2.75, 3.05) is 41.5 Å². The van der Waals surface area contributed by atoms with Crippen LogP contribution in [-0.2, 0) is 11.2 Å². The topological polar surface area (TPSA) is 63.3 Å². The molecule has 0 aliphatic carbocycles. The first-order valence-corrected chi connectivity index (χ1v) is 14.6. The van der Waals surface area contributed by atoms with Crippen molar-refractivity contribution in [3.63, 3.8) is 0 Å². The minimum absolute atomic E-state index is 0.0255. The van der Waals surface area contributed by atoms with Gasteiger partial charge in [-0.2, -0.15) is 0 Å². The lowest BCUT2D eigenvalue weighted by Gasteiger charge is -2.39. The van der Waals surface area contributed by atoms with Gasteiger partial charge in [0.15, 0.2) is 0 Å². The molecule has 0 aromatic heterocycles. The quantitative estimate of drug-likeness (QED) is 0.329. The van der Waals surface area contributed by atoms with E-state index in [1.807, 2.05) is 18.2 Å². The maximum Gasteiger partial charge on any atom is 0.228 e. The lowest BCUT2D eigenvalue weighted by atomic mass is 9.94. The normalized spacial score (nSPS) is 19.4. The number of benzene rings is 2. The molecular weight excluding hydrogens is 502 g/mol. The highest BCUT2D eigenvalue weighted by Gasteiger charge is 2.40. The van der Waals surface area contributed by atoms with Crippen LogP contribution < -0.4 is 19.5 Å². The maximum absolute atomic E-state index is 13.0. The Hall–Kier alpha value is -3.03. The number of ether oxygens (including phenoxy) is 3. The molecule has 4 rings (SSSR count). The number of amides is 1. The van der Waals surface area contributed by atoms with Gasteiger partial charge in [0.25, 0.3) is 0 Å². The molecule has 40 heavy (non-hydrogen) atoms. The Morgan fingerprint density at radius 2 is 1.82 bits per heavy atom. The molecule has 218 valence electrons. The Balaban J connectivity index is 1.39. The fraction of sp³-hybridized carbons (Fsp3) is 0.545. The van der Waals surface area contributed by atoms with Gasteiger partial charge in [-0.05, 0) is 114 Å². The monoisotopic (exact) mass is 549 g/mol. The van der Waals surface area contributed by atoms with E-state index in [9.17, 15) is 4.79 Å². The second-order valence-electron chi connectivity index (χ2n) is 11.5. The Bertz CT molecular complexity index is 1210. The van der Waals surface area contributed by atoms with Crippen molar-refractivity contribution >= 4 is 5.91 Å². The van der Waals surface area contributed by atoms with Gasteiger partial charge in [0.05, 0.1) is 27.2 Å². The Morgan fingerprint density at radius 1 is 1.05 bits per heavy atom. The molecule has 1 N–H and O–H groups in total. The second kappa shape index (κ2) is 13.6. The second-order valence-corrected chi connectivity index (χ2v) is 11.5. The van der Waals surface area contributed by atoms with Gasteiger partial charge >= 0.3 is 0 Å². The SMILES string of the molecule is COc1ccc(OC)c(CC(=O)NC2=CC3CCC(C2)N3C(C)c2ccc(OCCCCN(C)C)c(C)c2C)c1. The summed E-state index contributed by atoms with van der Waals surface area (Å²) in [6.45, 7) is 8.56. The highest BCUT2D eigenvalue weighted by atomic mass is 16.5.